The second-order valence-electron chi connectivity index (χ2n) is 5.08. The Balaban J connectivity index is 1.95. The summed E-state index contributed by atoms with van der Waals surface area (Å²) < 4.78 is 5.38. The van der Waals surface area contributed by atoms with Gasteiger partial charge in [-0.1, -0.05) is 6.92 Å². The molecular weight excluding hydrogens is 214 g/mol. The highest BCUT2D eigenvalue weighted by Crippen LogP contribution is 2.29. The molecule has 0 unspecified atom stereocenters. The predicted molar refractivity (Wildman–Crippen MR) is 66.7 cm³/mol. The Labute approximate surface area is 104 Å². The molecule has 0 radical (unpaired) electrons. The number of morpholine rings is 1. The van der Waals surface area contributed by atoms with Gasteiger partial charge >= 0.3 is 0 Å². The van der Waals surface area contributed by atoms with Crippen LogP contribution in [0.2, 0.25) is 0 Å². The quantitative estimate of drug-likeness (QED) is 0.736. The van der Waals surface area contributed by atoms with Gasteiger partial charge in [-0.25, -0.2) is 0 Å². The lowest BCUT2D eigenvalue weighted by atomic mass is 9.86. The van der Waals surface area contributed by atoms with Crippen LogP contribution >= 0.6 is 0 Å². The Kier molecular flexibility index (Phi) is 4.38. The first-order valence-electron chi connectivity index (χ1n) is 6.77. The van der Waals surface area contributed by atoms with E-state index < -0.39 is 0 Å². The third-order valence-electron chi connectivity index (χ3n) is 4.05. The minimum atomic E-state index is -0.214. The minimum absolute atomic E-state index is 0.214. The molecule has 0 amide bonds. The Morgan fingerprint density at radius 1 is 1.18 bits per heavy atom. The highest BCUT2D eigenvalue weighted by atomic mass is 16.5. The van der Waals surface area contributed by atoms with Crippen molar-refractivity contribution < 1.29 is 4.74 Å². The maximum Gasteiger partial charge on any atom is 0.111 e. The first kappa shape index (κ1) is 12.8. The molecule has 0 spiro atoms. The normalized spacial score (nSPS) is 26.6. The van der Waals surface area contributed by atoms with Crippen molar-refractivity contribution in [2.24, 2.45) is 0 Å². The smallest absolute Gasteiger partial charge is 0.111 e. The summed E-state index contributed by atoms with van der Waals surface area (Å²) in [6.07, 6.45) is 3.18. The highest BCUT2D eigenvalue weighted by Gasteiger charge is 2.40. The van der Waals surface area contributed by atoms with Crippen LogP contribution in [0.15, 0.2) is 0 Å². The summed E-state index contributed by atoms with van der Waals surface area (Å²) in [4.78, 5) is 4.83. The van der Waals surface area contributed by atoms with Crippen LogP contribution in [-0.2, 0) is 4.74 Å². The molecular formula is C13H23N3O. The first-order chi connectivity index (χ1) is 8.30. The molecule has 2 fully saturated rings. The van der Waals surface area contributed by atoms with E-state index in [4.69, 9.17) is 4.74 Å². The molecule has 17 heavy (non-hydrogen) atoms. The zero-order valence-electron chi connectivity index (χ0n) is 10.8. The largest absolute Gasteiger partial charge is 0.379 e. The zero-order chi connectivity index (χ0) is 12.1. The van der Waals surface area contributed by atoms with Gasteiger partial charge in [-0.15, -0.1) is 0 Å². The van der Waals surface area contributed by atoms with Crippen LogP contribution in [0.25, 0.3) is 0 Å². The molecule has 2 rings (SSSR count). The molecule has 2 saturated heterocycles. The van der Waals surface area contributed by atoms with Gasteiger partial charge in [0.15, 0.2) is 0 Å². The summed E-state index contributed by atoms with van der Waals surface area (Å²) in [6.45, 7) is 8.92. The van der Waals surface area contributed by atoms with Crippen LogP contribution < -0.4 is 0 Å². The van der Waals surface area contributed by atoms with Gasteiger partial charge in [-0.2, -0.15) is 5.26 Å². The number of hydrogen-bond donors (Lipinski definition) is 0. The molecule has 4 heteroatoms. The fraction of sp³-hybridized carbons (Fsp3) is 0.923. The predicted octanol–water partition coefficient (Wildman–Crippen LogP) is 1.09. The van der Waals surface area contributed by atoms with E-state index in [1.54, 1.807) is 0 Å². The lowest BCUT2D eigenvalue weighted by molar-refractivity contribution is -0.0243. The lowest BCUT2D eigenvalue weighted by Crippen LogP contribution is -2.57. The SMILES string of the molecule is CCCN1CCC(C#N)(N2CCOCC2)CC1. The standard InChI is InChI=1S/C13H23N3O/c1-2-5-15-6-3-13(12-14,4-7-15)16-8-10-17-11-9-16/h2-11H2,1H3. The fourth-order valence-corrected chi connectivity index (χ4v) is 2.95. The average Bonchev–Trinajstić information content (AvgIpc) is 2.41. The number of likely N-dealkylation sites (tertiary alicyclic amines) is 1. The fourth-order valence-electron chi connectivity index (χ4n) is 2.95. The van der Waals surface area contributed by atoms with Crippen molar-refractivity contribution in [1.29, 1.82) is 5.26 Å². The molecule has 0 aliphatic carbocycles. The van der Waals surface area contributed by atoms with Crippen molar-refractivity contribution in [3.63, 3.8) is 0 Å². The minimum Gasteiger partial charge on any atom is -0.379 e. The molecule has 96 valence electrons. The van der Waals surface area contributed by atoms with Crippen LogP contribution in [0.5, 0.6) is 0 Å². The summed E-state index contributed by atoms with van der Waals surface area (Å²) in [5.74, 6) is 0. The highest BCUT2D eigenvalue weighted by molar-refractivity contribution is 5.11. The number of hydrogen-bond acceptors (Lipinski definition) is 4. The Bertz CT molecular complexity index is 273. The van der Waals surface area contributed by atoms with E-state index in [-0.39, 0.29) is 5.54 Å². The van der Waals surface area contributed by atoms with Crippen molar-refractivity contribution in [3.8, 4) is 6.07 Å². The van der Waals surface area contributed by atoms with Crippen LogP contribution in [0.4, 0.5) is 0 Å². The summed E-state index contributed by atoms with van der Waals surface area (Å²) in [7, 11) is 0. The molecule has 0 saturated carbocycles. The summed E-state index contributed by atoms with van der Waals surface area (Å²) >= 11 is 0. The third kappa shape index (κ3) is 2.79. The summed E-state index contributed by atoms with van der Waals surface area (Å²) in [5.41, 5.74) is -0.214. The third-order valence-corrected chi connectivity index (χ3v) is 4.05. The number of piperidine rings is 1. The van der Waals surface area contributed by atoms with Crippen molar-refractivity contribution in [1.82, 2.24) is 9.80 Å². The molecule has 0 atom stereocenters. The van der Waals surface area contributed by atoms with Crippen LogP contribution in [0, 0.1) is 11.3 Å². The van der Waals surface area contributed by atoms with Gasteiger partial charge in [-0.05, 0) is 25.8 Å². The van der Waals surface area contributed by atoms with E-state index in [0.29, 0.717) is 0 Å². The molecule has 0 N–H and O–H groups in total. The Hall–Kier alpha value is -0.630. The number of rotatable bonds is 3. The summed E-state index contributed by atoms with van der Waals surface area (Å²) in [5, 5.41) is 9.56. The van der Waals surface area contributed by atoms with E-state index >= 15 is 0 Å². The molecule has 2 aliphatic heterocycles. The van der Waals surface area contributed by atoms with E-state index in [2.05, 4.69) is 22.8 Å². The molecule has 2 aliphatic rings. The molecule has 0 aromatic heterocycles. The van der Waals surface area contributed by atoms with Crippen LogP contribution in [0.1, 0.15) is 26.2 Å². The monoisotopic (exact) mass is 237 g/mol. The van der Waals surface area contributed by atoms with E-state index in [0.717, 1.165) is 52.2 Å². The first-order valence-corrected chi connectivity index (χ1v) is 6.77. The molecule has 0 aromatic carbocycles. The topological polar surface area (TPSA) is 39.5 Å². The molecule has 4 nitrogen and oxygen atoms in total. The molecule has 0 aromatic rings. The van der Waals surface area contributed by atoms with Gasteiger partial charge in [0.2, 0.25) is 0 Å². The second-order valence-corrected chi connectivity index (χ2v) is 5.08. The van der Waals surface area contributed by atoms with Gasteiger partial charge in [0.25, 0.3) is 0 Å². The maximum atomic E-state index is 9.56. The van der Waals surface area contributed by atoms with Gasteiger partial charge in [0, 0.05) is 26.2 Å². The van der Waals surface area contributed by atoms with Gasteiger partial charge in [0.1, 0.15) is 5.54 Å². The van der Waals surface area contributed by atoms with Gasteiger partial charge in [0.05, 0.1) is 19.3 Å². The average molecular weight is 237 g/mol. The van der Waals surface area contributed by atoms with Crippen molar-refractivity contribution in [2.45, 2.75) is 31.7 Å². The van der Waals surface area contributed by atoms with E-state index in [1.165, 1.54) is 13.0 Å². The molecule has 0 bridgehead atoms. The van der Waals surface area contributed by atoms with Crippen LogP contribution in [-0.4, -0.2) is 61.3 Å². The van der Waals surface area contributed by atoms with E-state index in [9.17, 15) is 5.26 Å². The van der Waals surface area contributed by atoms with Gasteiger partial charge < -0.3 is 9.64 Å². The van der Waals surface area contributed by atoms with Crippen molar-refractivity contribution >= 4 is 0 Å². The molecule has 2 heterocycles. The second kappa shape index (κ2) is 5.81. The Morgan fingerprint density at radius 2 is 1.82 bits per heavy atom. The number of nitrogens with zero attached hydrogens (tertiary/aromatic N) is 3. The van der Waals surface area contributed by atoms with Crippen molar-refractivity contribution in [3.05, 3.63) is 0 Å². The van der Waals surface area contributed by atoms with E-state index in [1.807, 2.05) is 0 Å². The zero-order valence-corrected chi connectivity index (χ0v) is 10.8. The maximum absolute atomic E-state index is 9.56. The number of ether oxygens (including phenoxy) is 1. The van der Waals surface area contributed by atoms with Crippen molar-refractivity contribution in [2.75, 3.05) is 45.9 Å². The number of nitriles is 1. The Morgan fingerprint density at radius 3 is 2.35 bits per heavy atom. The lowest BCUT2D eigenvalue weighted by Gasteiger charge is -2.45. The van der Waals surface area contributed by atoms with Gasteiger partial charge in [-0.3, -0.25) is 4.90 Å². The summed E-state index contributed by atoms with van der Waals surface area (Å²) in [6, 6.07) is 2.59. The van der Waals surface area contributed by atoms with Crippen LogP contribution in [0.3, 0.4) is 0 Å².